The van der Waals surface area contributed by atoms with E-state index < -0.39 is 16.0 Å². The number of aryl methyl sites for hydroxylation is 3. The van der Waals surface area contributed by atoms with Gasteiger partial charge in [0.25, 0.3) is 10.0 Å². The zero-order valence-corrected chi connectivity index (χ0v) is 26.6. The van der Waals surface area contributed by atoms with Crippen molar-refractivity contribution < 1.29 is 22.7 Å². The molecule has 41 heavy (non-hydrogen) atoms. The van der Waals surface area contributed by atoms with Crippen molar-refractivity contribution in [1.29, 1.82) is 0 Å². The number of hydrogen-bond acceptors (Lipinski definition) is 7. The van der Waals surface area contributed by atoms with Gasteiger partial charge in [-0.25, -0.2) is 13.2 Å². The first-order chi connectivity index (χ1) is 19.7. The van der Waals surface area contributed by atoms with Crippen LogP contribution in [0.3, 0.4) is 0 Å². The summed E-state index contributed by atoms with van der Waals surface area (Å²) in [5, 5.41) is 1.46. The molecule has 10 heteroatoms. The van der Waals surface area contributed by atoms with E-state index in [0.717, 1.165) is 39.0 Å². The van der Waals surface area contributed by atoms with Crippen LogP contribution in [-0.2, 0) is 26.0 Å². The summed E-state index contributed by atoms with van der Waals surface area (Å²) in [5.41, 5.74) is 2.82. The number of thiophene rings is 1. The highest BCUT2D eigenvalue weighted by Crippen LogP contribution is 2.37. The summed E-state index contributed by atoms with van der Waals surface area (Å²) < 4.78 is 41.4. The number of esters is 1. The second-order valence-electron chi connectivity index (χ2n) is 9.52. The molecule has 0 radical (unpaired) electrons. The maximum absolute atomic E-state index is 14.0. The van der Waals surface area contributed by atoms with Gasteiger partial charge in [-0.05, 0) is 92.1 Å². The third-order valence-electron chi connectivity index (χ3n) is 6.55. The van der Waals surface area contributed by atoms with Crippen molar-refractivity contribution in [3.05, 3.63) is 88.4 Å². The number of carbonyl (C=O) groups excluding carboxylic acids is 1. The fourth-order valence-electron chi connectivity index (χ4n) is 4.47. The van der Waals surface area contributed by atoms with Gasteiger partial charge in [0.1, 0.15) is 9.96 Å². The monoisotopic (exact) mass is 631 g/mol. The fraction of sp³-hybridized carbons (Fsp3) is 0.323. The lowest BCUT2D eigenvalue weighted by atomic mass is 10.1. The molecule has 0 fully saturated rings. The van der Waals surface area contributed by atoms with E-state index in [1.165, 1.54) is 16.9 Å². The molecule has 1 heterocycles. The van der Waals surface area contributed by atoms with Crippen molar-refractivity contribution in [2.75, 3.05) is 32.1 Å². The van der Waals surface area contributed by atoms with Crippen LogP contribution in [0.25, 0.3) is 10.1 Å². The third-order valence-corrected chi connectivity index (χ3v) is 11.5. The van der Waals surface area contributed by atoms with Gasteiger partial charge < -0.3 is 9.47 Å². The van der Waals surface area contributed by atoms with Crippen LogP contribution in [0.2, 0.25) is 5.02 Å². The predicted octanol–water partition coefficient (Wildman–Crippen LogP) is 7.53. The SMILES string of the molecule is CCOC(=O)COc1ccc(SCCN(CCCc2ccccc2)S(=O)(=O)c2sc3ccc(Cl)cc3c2C)cc1C. The summed E-state index contributed by atoms with van der Waals surface area (Å²) in [5.74, 6) is 0.798. The zero-order valence-electron chi connectivity index (χ0n) is 23.4. The van der Waals surface area contributed by atoms with Crippen LogP contribution in [0.15, 0.2) is 75.8 Å². The van der Waals surface area contributed by atoms with Gasteiger partial charge in [0.15, 0.2) is 6.61 Å². The van der Waals surface area contributed by atoms with Crippen LogP contribution >= 0.6 is 34.7 Å². The van der Waals surface area contributed by atoms with Gasteiger partial charge in [0.05, 0.1) is 6.61 Å². The lowest BCUT2D eigenvalue weighted by Crippen LogP contribution is -2.34. The Morgan fingerprint density at radius 3 is 2.54 bits per heavy atom. The standard InChI is InChI=1S/C31H34ClNO5S3/c1-4-37-30(34)21-38-28-14-13-26(19-22(28)2)39-18-17-33(16-8-11-24-9-6-5-7-10-24)41(35,36)31-23(3)27-20-25(32)12-15-29(27)40-31/h5-7,9-10,12-15,19-20H,4,8,11,16-18,21H2,1-3H3. The average molecular weight is 632 g/mol. The molecule has 0 saturated heterocycles. The van der Waals surface area contributed by atoms with Gasteiger partial charge in [-0.15, -0.1) is 23.1 Å². The molecule has 0 unspecified atom stereocenters. The molecule has 0 aliphatic heterocycles. The third kappa shape index (κ3) is 8.26. The highest BCUT2D eigenvalue weighted by atomic mass is 35.5. The highest BCUT2D eigenvalue weighted by Gasteiger charge is 2.28. The Balaban J connectivity index is 1.47. The Labute approximate surface area is 255 Å². The minimum Gasteiger partial charge on any atom is -0.482 e. The van der Waals surface area contributed by atoms with Gasteiger partial charge in [0, 0.05) is 33.5 Å². The van der Waals surface area contributed by atoms with Crippen molar-refractivity contribution in [2.24, 2.45) is 0 Å². The first kappa shape index (κ1) is 31.4. The summed E-state index contributed by atoms with van der Waals surface area (Å²) in [6.07, 6.45) is 1.52. The second-order valence-corrected chi connectivity index (χ2v) is 14.3. The van der Waals surface area contributed by atoms with Crippen molar-refractivity contribution in [3.63, 3.8) is 0 Å². The Morgan fingerprint density at radius 1 is 1.02 bits per heavy atom. The Hall–Kier alpha value is -2.56. The van der Waals surface area contributed by atoms with Crippen molar-refractivity contribution in [1.82, 2.24) is 4.31 Å². The summed E-state index contributed by atoms with van der Waals surface area (Å²) in [7, 11) is -3.72. The maximum Gasteiger partial charge on any atom is 0.344 e. The smallest absolute Gasteiger partial charge is 0.344 e. The number of thioether (sulfide) groups is 1. The molecule has 4 rings (SSSR count). The number of sulfonamides is 1. The normalized spacial score (nSPS) is 11.7. The number of rotatable bonds is 14. The van der Waals surface area contributed by atoms with E-state index >= 15 is 0 Å². The van der Waals surface area contributed by atoms with E-state index in [1.54, 1.807) is 29.1 Å². The Kier molecular flexibility index (Phi) is 11.1. The molecule has 0 aliphatic rings. The van der Waals surface area contributed by atoms with Crippen molar-refractivity contribution >= 4 is 60.8 Å². The Morgan fingerprint density at radius 2 is 1.80 bits per heavy atom. The molecule has 0 spiro atoms. The highest BCUT2D eigenvalue weighted by molar-refractivity contribution is 7.99. The number of nitrogens with zero attached hydrogens (tertiary/aromatic N) is 1. The van der Waals surface area contributed by atoms with Crippen LogP contribution in [0.1, 0.15) is 30.0 Å². The number of fused-ring (bicyclic) bond motifs is 1. The first-order valence-corrected chi connectivity index (χ1v) is 17.1. The van der Waals surface area contributed by atoms with E-state index in [1.807, 2.05) is 62.4 Å². The number of carbonyl (C=O) groups is 1. The largest absolute Gasteiger partial charge is 0.482 e. The number of benzene rings is 3. The molecule has 0 bridgehead atoms. The summed E-state index contributed by atoms with van der Waals surface area (Å²) in [6.45, 7) is 6.49. The predicted molar refractivity (Wildman–Crippen MR) is 169 cm³/mol. The molecule has 0 saturated carbocycles. The van der Waals surface area contributed by atoms with Gasteiger partial charge in [-0.1, -0.05) is 41.9 Å². The minimum atomic E-state index is -3.72. The van der Waals surface area contributed by atoms with Gasteiger partial charge in [-0.2, -0.15) is 4.31 Å². The Bertz CT molecular complexity index is 1590. The van der Waals surface area contributed by atoms with Gasteiger partial charge >= 0.3 is 5.97 Å². The number of hydrogen-bond donors (Lipinski definition) is 0. The number of ether oxygens (including phenoxy) is 2. The summed E-state index contributed by atoms with van der Waals surface area (Å²) >= 11 is 9.10. The van der Waals surface area contributed by atoms with Crippen LogP contribution in [0, 0.1) is 13.8 Å². The molecular formula is C31H34ClNO5S3. The molecule has 4 aromatic rings. The molecule has 3 aromatic carbocycles. The quantitative estimate of drug-likeness (QED) is 0.106. The van der Waals surface area contributed by atoms with Crippen molar-refractivity contribution in [2.45, 2.75) is 42.7 Å². The molecule has 6 nitrogen and oxygen atoms in total. The minimum absolute atomic E-state index is 0.139. The fourth-order valence-corrected chi connectivity index (χ4v) is 9.09. The molecule has 0 N–H and O–H groups in total. The second kappa shape index (κ2) is 14.6. The van der Waals surface area contributed by atoms with E-state index in [2.05, 4.69) is 12.1 Å². The lowest BCUT2D eigenvalue weighted by Gasteiger charge is -2.22. The van der Waals surface area contributed by atoms with Crippen molar-refractivity contribution in [3.8, 4) is 5.75 Å². The molecule has 0 atom stereocenters. The van der Waals surface area contributed by atoms with E-state index in [4.69, 9.17) is 21.1 Å². The summed E-state index contributed by atoms with van der Waals surface area (Å²) in [6, 6.07) is 21.4. The average Bonchev–Trinajstić information content (AvgIpc) is 3.28. The van der Waals surface area contributed by atoms with E-state index in [-0.39, 0.29) is 6.61 Å². The molecule has 218 valence electrons. The topological polar surface area (TPSA) is 72.9 Å². The molecule has 1 aromatic heterocycles. The first-order valence-electron chi connectivity index (χ1n) is 13.4. The van der Waals surface area contributed by atoms with Gasteiger partial charge in [-0.3, -0.25) is 0 Å². The van der Waals surface area contributed by atoms with E-state index in [9.17, 15) is 13.2 Å². The summed E-state index contributed by atoms with van der Waals surface area (Å²) in [4.78, 5) is 12.6. The van der Waals surface area contributed by atoms with Crippen LogP contribution in [0.5, 0.6) is 5.75 Å². The lowest BCUT2D eigenvalue weighted by molar-refractivity contribution is -0.145. The van der Waals surface area contributed by atoms with Gasteiger partial charge in [0.2, 0.25) is 0 Å². The number of halogens is 1. The zero-order chi connectivity index (χ0) is 29.4. The van der Waals surface area contributed by atoms with Crippen LogP contribution < -0.4 is 4.74 Å². The molecule has 0 aliphatic carbocycles. The maximum atomic E-state index is 14.0. The molecular weight excluding hydrogens is 598 g/mol. The van der Waals surface area contributed by atoms with E-state index in [0.29, 0.717) is 40.4 Å². The van der Waals surface area contributed by atoms with Crippen LogP contribution in [0.4, 0.5) is 0 Å². The molecule has 0 amide bonds. The van der Waals surface area contributed by atoms with Crippen LogP contribution in [-0.4, -0.2) is 50.7 Å².